The van der Waals surface area contributed by atoms with E-state index in [0.29, 0.717) is 18.3 Å². The molecular formula is C16H24BrN3O. The van der Waals surface area contributed by atoms with Gasteiger partial charge in [0.2, 0.25) is 0 Å². The maximum atomic E-state index is 6.16. The van der Waals surface area contributed by atoms with Gasteiger partial charge in [-0.15, -0.1) is 0 Å². The molecule has 21 heavy (non-hydrogen) atoms. The van der Waals surface area contributed by atoms with Crippen molar-refractivity contribution < 1.29 is 4.74 Å². The number of halogens is 1. The molecule has 0 aliphatic heterocycles. The average Bonchev–Trinajstić information content (AvgIpc) is 3.29. The quantitative estimate of drug-likeness (QED) is 0.883. The molecule has 0 unspecified atom stereocenters. The molecule has 1 aromatic heterocycles. The fourth-order valence-corrected chi connectivity index (χ4v) is 3.75. The average molecular weight is 354 g/mol. The minimum absolute atomic E-state index is 0.334. The second-order valence-electron chi connectivity index (χ2n) is 6.52. The van der Waals surface area contributed by atoms with Gasteiger partial charge in [0.15, 0.2) is 5.82 Å². The van der Waals surface area contributed by atoms with E-state index in [1.807, 2.05) is 6.92 Å². The third kappa shape index (κ3) is 2.95. The molecule has 5 heteroatoms. The summed E-state index contributed by atoms with van der Waals surface area (Å²) in [6, 6.07) is 0. The van der Waals surface area contributed by atoms with E-state index in [1.54, 1.807) is 0 Å². The van der Waals surface area contributed by atoms with Gasteiger partial charge in [0, 0.05) is 12.5 Å². The topological polar surface area (TPSA) is 61.0 Å². The summed E-state index contributed by atoms with van der Waals surface area (Å²) in [6.45, 7) is 5.04. The van der Waals surface area contributed by atoms with Crippen LogP contribution in [-0.4, -0.2) is 16.6 Å². The van der Waals surface area contributed by atoms with Crippen molar-refractivity contribution in [3.05, 3.63) is 16.0 Å². The maximum Gasteiger partial charge on any atom is 0.162 e. The lowest BCUT2D eigenvalue weighted by Gasteiger charge is -2.38. The third-order valence-corrected chi connectivity index (χ3v) is 5.59. The second-order valence-corrected chi connectivity index (χ2v) is 7.31. The Hall–Kier alpha value is -0.680. The molecule has 2 aliphatic carbocycles. The van der Waals surface area contributed by atoms with Crippen molar-refractivity contribution in [2.24, 2.45) is 5.92 Å². The number of rotatable bonds is 4. The molecule has 1 heterocycles. The van der Waals surface area contributed by atoms with Crippen LogP contribution < -0.4 is 5.73 Å². The molecular weight excluding hydrogens is 330 g/mol. The molecule has 2 fully saturated rings. The largest absolute Gasteiger partial charge is 0.383 e. The summed E-state index contributed by atoms with van der Waals surface area (Å²) in [5, 5.41) is 0. The molecule has 1 aromatic rings. The van der Waals surface area contributed by atoms with Crippen molar-refractivity contribution in [3.63, 3.8) is 0 Å². The molecule has 0 aromatic carbocycles. The fourth-order valence-electron chi connectivity index (χ4n) is 3.25. The van der Waals surface area contributed by atoms with E-state index < -0.39 is 0 Å². The maximum absolute atomic E-state index is 6.16. The molecule has 2 saturated carbocycles. The highest BCUT2D eigenvalue weighted by atomic mass is 79.9. The van der Waals surface area contributed by atoms with Crippen molar-refractivity contribution in [3.8, 4) is 0 Å². The number of nitrogen functional groups attached to an aromatic ring is 1. The summed E-state index contributed by atoms with van der Waals surface area (Å²) in [7, 11) is 0. The van der Waals surface area contributed by atoms with Crippen molar-refractivity contribution in [1.29, 1.82) is 0 Å². The number of hydrogen-bond acceptors (Lipinski definition) is 4. The Morgan fingerprint density at radius 2 is 1.90 bits per heavy atom. The number of aromatic nitrogens is 2. The summed E-state index contributed by atoms with van der Waals surface area (Å²) < 4.78 is 7.04. The van der Waals surface area contributed by atoms with Crippen molar-refractivity contribution in [2.45, 2.75) is 63.9 Å². The number of nitrogens with two attached hydrogens (primary N) is 1. The SMILES string of the molecule is CCOC1(c2nc(N)c(Br)c(C3CC3)n2)CCC(C)CC1. The van der Waals surface area contributed by atoms with Crippen LogP contribution >= 0.6 is 15.9 Å². The lowest BCUT2D eigenvalue weighted by molar-refractivity contribution is -0.0837. The lowest BCUT2D eigenvalue weighted by Crippen LogP contribution is -2.36. The van der Waals surface area contributed by atoms with Gasteiger partial charge < -0.3 is 10.5 Å². The molecule has 0 radical (unpaired) electrons. The van der Waals surface area contributed by atoms with Crippen LogP contribution in [0.1, 0.15) is 69.8 Å². The molecule has 0 saturated heterocycles. The first-order valence-electron chi connectivity index (χ1n) is 8.03. The minimum atomic E-state index is -0.334. The van der Waals surface area contributed by atoms with Gasteiger partial charge in [0.1, 0.15) is 11.4 Å². The van der Waals surface area contributed by atoms with Crippen molar-refractivity contribution in [2.75, 3.05) is 12.3 Å². The van der Waals surface area contributed by atoms with E-state index in [9.17, 15) is 0 Å². The van der Waals surface area contributed by atoms with Gasteiger partial charge in [-0.05, 0) is 67.3 Å². The van der Waals surface area contributed by atoms with E-state index in [1.165, 1.54) is 12.8 Å². The number of nitrogens with zero attached hydrogens (tertiary/aromatic N) is 2. The molecule has 0 spiro atoms. The first kappa shape index (κ1) is 15.2. The van der Waals surface area contributed by atoms with Gasteiger partial charge in [0.25, 0.3) is 0 Å². The highest BCUT2D eigenvalue weighted by Gasteiger charge is 2.41. The van der Waals surface area contributed by atoms with Gasteiger partial charge in [-0.25, -0.2) is 9.97 Å². The Labute approximate surface area is 135 Å². The highest BCUT2D eigenvalue weighted by molar-refractivity contribution is 9.10. The van der Waals surface area contributed by atoms with Crippen molar-refractivity contribution >= 4 is 21.7 Å². The smallest absolute Gasteiger partial charge is 0.162 e. The van der Waals surface area contributed by atoms with Crippen LogP contribution in [0.3, 0.4) is 0 Å². The van der Waals surface area contributed by atoms with Crippen LogP contribution in [0.5, 0.6) is 0 Å². The molecule has 2 aliphatic rings. The summed E-state index contributed by atoms with van der Waals surface area (Å²) in [5.74, 6) is 2.66. The van der Waals surface area contributed by atoms with Crippen LogP contribution in [0.2, 0.25) is 0 Å². The zero-order chi connectivity index (χ0) is 15.0. The number of anilines is 1. The third-order valence-electron chi connectivity index (χ3n) is 4.78. The van der Waals surface area contributed by atoms with Gasteiger partial charge in [-0.3, -0.25) is 0 Å². The van der Waals surface area contributed by atoms with Crippen molar-refractivity contribution in [1.82, 2.24) is 9.97 Å². The minimum Gasteiger partial charge on any atom is -0.383 e. The zero-order valence-corrected chi connectivity index (χ0v) is 14.4. The zero-order valence-electron chi connectivity index (χ0n) is 12.9. The highest BCUT2D eigenvalue weighted by Crippen LogP contribution is 2.46. The predicted octanol–water partition coefficient (Wildman–Crippen LogP) is 4.14. The van der Waals surface area contributed by atoms with Crippen LogP contribution in [0.4, 0.5) is 5.82 Å². The Balaban J connectivity index is 1.99. The summed E-state index contributed by atoms with van der Waals surface area (Å²) in [4.78, 5) is 9.45. The molecule has 0 amide bonds. The van der Waals surface area contributed by atoms with Gasteiger partial charge in [-0.1, -0.05) is 6.92 Å². The molecule has 2 N–H and O–H groups in total. The monoisotopic (exact) mass is 353 g/mol. The van der Waals surface area contributed by atoms with Crippen LogP contribution in [0.15, 0.2) is 4.47 Å². The summed E-state index contributed by atoms with van der Waals surface area (Å²) in [5.41, 5.74) is 6.87. The van der Waals surface area contributed by atoms with Gasteiger partial charge >= 0.3 is 0 Å². The van der Waals surface area contributed by atoms with E-state index in [0.717, 1.165) is 47.6 Å². The molecule has 0 bridgehead atoms. The number of hydrogen-bond donors (Lipinski definition) is 1. The van der Waals surface area contributed by atoms with Crippen LogP contribution in [0.25, 0.3) is 0 Å². The van der Waals surface area contributed by atoms with Crippen LogP contribution in [-0.2, 0) is 10.3 Å². The molecule has 4 nitrogen and oxygen atoms in total. The predicted molar refractivity (Wildman–Crippen MR) is 87.1 cm³/mol. The van der Waals surface area contributed by atoms with E-state index in [-0.39, 0.29) is 5.60 Å². The van der Waals surface area contributed by atoms with Gasteiger partial charge in [-0.2, -0.15) is 0 Å². The normalized spacial score (nSPS) is 29.6. The fraction of sp³-hybridized carbons (Fsp3) is 0.750. The second kappa shape index (κ2) is 5.84. The summed E-state index contributed by atoms with van der Waals surface area (Å²) in [6.07, 6.45) is 6.72. The van der Waals surface area contributed by atoms with E-state index in [4.69, 9.17) is 15.5 Å². The molecule has 0 atom stereocenters. The Bertz CT molecular complexity index is 522. The Kier molecular flexibility index (Phi) is 4.23. The first-order valence-corrected chi connectivity index (χ1v) is 8.82. The standard InChI is InChI=1S/C16H24BrN3O/c1-3-21-16(8-6-10(2)7-9-16)15-19-13(11-4-5-11)12(17)14(18)20-15/h10-11H,3-9H2,1-2H3,(H2,18,19,20). The Morgan fingerprint density at radius 1 is 1.24 bits per heavy atom. The molecule has 3 rings (SSSR count). The molecule has 116 valence electrons. The van der Waals surface area contributed by atoms with Crippen LogP contribution in [0, 0.1) is 5.92 Å². The van der Waals surface area contributed by atoms with E-state index >= 15 is 0 Å². The lowest BCUT2D eigenvalue weighted by atomic mass is 9.78. The number of ether oxygens (including phenoxy) is 1. The first-order chi connectivity index (χ1) is 10.1. The Morgan fingerprint density at radius 3 is 2.48 bits per heavy atom. The van der Waals surface area contributed by atoms with E-state index in [2.05, 4.69) is 27.8 Å². The summed E-state index contributed by atoms with van der Waals surface area (Å²) >= 11 is 3.55. The van der Waals surface area contributed by atoms with Gasteiger partial charge in [0.05, 0.1) is 10.2 Å².